The van der Waals surface area contributed by atoms with E-state index in [0.29, 0.717) is 6.04 Å². The summed E-state index contributed by atoms with van der Waals surface area (Å²) >= 11 is 9.90. The number of halogens is 2. The van der Waals surface area contributed by atoms with Crippen molar-refractivity contribution in [1.29, 1.82) is 0 Å². The molecule has 0 aliphatic heterocycles. The fraction of sp³-hybridized carbons (Fsp3) is 0.368. The van der Waals surface area contributed by atoms with Gasteiger partial charge in [0.15, 0.2) is 0 Å². The first-order chi connectivity index (χ1) is 10.6. The van der Waals surface area contributed by atoms with Crippen LogP contribution in [0.15, 0.2) is 40.9 Å². The van der Waals surface area contributed by atoms with Gasteiger partial charge in [-0.25, -0.2) is 0 Å². The second-order valence-electron chi connectivity index (χ2n) is 5.99. The van der Waals surface area contributed by atoms with Crippen molar-refractivity contribution in [3.05, 3.63) is 62.6 Å². The predicted octanol–water partition coefficient (Wildman–Crippen LogP) is 6.31. The third kappa shape index (κ3) is 2.91. The van der Waals surface area contributed by atoms with Crippen molar-refractivity contribution in [3.8, 4) is 0 Å². The third-order valence-corrected chi connectivity index (χ3v) is 5.66. The largest absolute Gasteiger partial charge is 0.364 e. The lowest BCUT2D eigenvalue weighted by atomic mass is 10.1. The molecule has 2 aromatic rings. The first-order valence-electron chi connectivity index (χ1n) is 7.92. The van der Waals surface area contributed by atoms with E-state index >= 15 is 0 Å². The predicted molar refractivity (Wildman–Crippen MR) is 99.0 cm³/mol. The highest BCUT2D eigenvalue weighted by atomic mass is 79.9. The summed E-state index contributed by atoms with van der Waals surface area (Å²) in [5.74, 6) is 0. The van der Waals surface area contributed by atoms with E-state index in [-0.39, 0.29) is 0 Å². The summed E-state index contributed by atoms with van der Waals surface area (Å²) < 4.78 is 1.25. The summed E-state index contributed by atoms with van der Waals surface area (Å²) in [6.45, 7) is 5.39. The average molecular weight is 379 g/mol. The topological polar surface area (TPSA) is 3.24 Å². The first-order valence-corrected chi connectivity index (χ1v) is 9.09. The van der Waals surface area contributed by atoms with Crippen LogP contribution >= 0.6 is 27.5 Å². The van der Waals surface area contributed by atoms with Crippen LogP contribution in [0.25, 0.3) is 0 Å². The van der Waals surface area contributed by atoms with Gasteiger partial charge in [-0.05, 0) is 67.1 Å². The zero-order valence-electron chi connectivity index (χ0n) is 13.1. The van der Waals surface area contributed by atoms with Crippen LogP contribution in [0.5, 0.6) is 0 Å². The second kappa shape index (κ2) is 6.64. The number of hydrogen-bond acceptors (Lipinski definition) is 1. The van der Waals surface area contributed by atoms with Crippen LogP contribution in [0.1, 0.15) is 42.5 Å². The molecular formula is C19H21BrClN. The maximum Gasteiger partial charge on any atom is 0.0548 e. The summed E-state index contributed by atoms with van der Waals surface area (Å²) in [7, 11) is 0. The molecule has 1 aliphatic rings. The standard InChI is InChI=1S/C19H21BrClN/c1-3-11-22(14-7-9-18(21)13(2)12-14)19-10-8-15-16(19)5-4-6-17(15)20/h4-7,9,12,19H,3,8,10-11H2,1-2H3. The van der Waals surface area contributed by atoms with Gasteiger partial charge in [0.05, 0.1) is 6.04 Å². The Bertz CT molecular complexity index is 683. The molecule has 0 fully saturated rings. The highest BCUT2D eigenvalue weighted by Crippen LogP contribution is 2.41. The summed E-state index contributed by atoms with van der Waals surface area (Å²) in [4.78, 5) is 2.54. The van der Waals surface area contributed by atoms with E-state index < -0.39 is 0 Å². The van der Waals surface area contributed by atoms with Gasteiger partial charge >= 0.3 is 0 Å². The van der Waals surface area contributed by atoms with Gasteiger partial charge in [0.2, 0.25) is 0 Å². The van der Waals surface area contributed by atoms with Crippen LogP contribution in [-0.2, 0) is 6.42 Å². The molecule has 116 valence electrons. The minimum Gasteiger partial charge on any atom is -0.364 e. The van der Waals surface area contributed by atoms with Gasteiger partial charge in [0.25, 0.3) is 0 Å². The molecule has 2 aromatic carbocycles. The average Bonchev–Trinajstić information content (AvgIpc) is 2.93. The van der Waals surface area contributed by atoms with Gasteiger partial charge in [0.1, 0.15) is 0 Å². The van der Waals surface area contributed by atoms with Gasteiger partial charge in [-0.15, -0.1) is 0 Å². The van der Waals surface area contributed by atoms with Crippen molar-refractivity contribution in [2.45, 2.75) is 39.2 Å². The van der Waals surface area contributed by atoms with E-state index in [9.17, 15) is 0 Å². The molecule has 0 saturated heterocycles. The monoisotopic (exact) mass is 377 g/mol. The molecule has 22 heavy (non-hydrogen) atoms. The number of nitrogens with zero attached hydrogens (tertiary/aromatic N) is 1. The van der Waals surface area contributed by atoms with Crippen LogP contribution in [-0.4, -0.2) is 6.54 Å². The molecular weight excluding hydrogens is 358 g/mol. The Kier molecular flexibility index (Phi) is 4.79. The Morgan fingerprint density at radius 1 is 1.27 bits per heavy atom. The molecule has 0 bridgehead atoms. The van der Waals surface area contributed by atoms with Gasteiger partial charge < -0.3 is 4.90 Å². The van der Waals surface area contributed by atoms with Crippen LogP contribution in [0.3, 0.4) is 0 Å². The number of rotatable bonds is 4. The fourth-order valence-electron chi connectivity index (χ4n) is 3.42. The molecule has 0 N–H and O–H groups in total. The quantitative estimate of drug-likeness (QED) is 0.602. The molecule has 0 saturated carbocycles. The van der Waals surface area contributed by atoms with E-state index in [4.69, 9.17) is 11.6 Å². The Hall–Kier alpha value is -0.990. The van der Waals surface area contributed by atoms with Crippen LogP contribution in [0.2, 0.25) is 5.02 Å². The SMILES string of the molecule is CCCN(c1ccc(Cl)c(C)c1)C1CCc2c(Br)cccc21. The minimum absolute atomic E-state index is 0.466. The molecule has 0 heterocycles. The van der Waals surface area contributed by atoms with Gasteiger partial charge in [-0.3, -0.25) is 0 Å². The summed E-state index contributed by atoms with van der Waals surface area (Å²) in [6.07, 6.45) is 3.47. The zero-order chi connectivity index (χ0) is 15.7. The molecule has 3 heteroatoms. The Balaban J connectivity index is 2.00. The van der Waals surface area contributed by atoms with Crippen molar-refractivity contribution in [1.82, 2.24) is 0 Å². The number of anilines is 1. The van der Waals surface area contributed by atoms with E-state index in [1.165, 1.54) is 27.7 Å². The summed E-state index contributed by atoms with van der Waals surface area (Å²) in [5, 5.41) is 0.842. The van der Waals surface area contributed by atoms with E-state index in [0.717, 1.165) is 30.0 Å². The number of hydrogen-bond donors (Lipinski definition) is 0. The van der Waals surface area contributed by atoms with Crippen LogP contribution < -0.4 is 4.90 Å². The lowest BCUT2D eigenvalue weighted by Crippen LogP contribution is -2.28. The van der Waals surface area contributed by atoms with Crippen LogP contribution in [0.4, 0.5) is 5.69 Å². The van der Waals surface area contributed by atoms with Gasteiger partial charge in [-0.1, -0.05) is 46.6 Å². The molecule has 1 nitrogen and oxygen atoms in total. The van der Waals surface area contributed by atoms with Crippen molar-refractivity contribution in [2.24, 2.45) is 0 Å². The normalized spacial score (nSPS) is 16.6. The maximum atomic E-state index is 6.20. The number of aryl methyl sites for hydroxylation is 1. The highest BCUT2D eigenvalue weighted by molar-refractivity contribution is 9.10. The zero-order valence-corrected chi connectivity index (χ0v) is 15.4. The summed E-state index contributed by atoms with van der Waals surface area (Å²) in [5.41, 5.74) is 5.36. The van der Waals surface area contributed by atoms with Crippen molar-refractivity contribution in [3.63, 3.8) is 0 Å². The Morgan fingerprint density at radius 2 is 2.09 bits per heavy atom. The lowest BCUT2D eigenvalue weighted by Gasteiger charge is -2.32. The van der Waals surface area contributed by atoms with Crippen molar-refractivity contribution < 1.29 is 0 Å². The van der Waals surface area contributed by atoms with Crippen molar-refractivity contribution in [2.75, 3.05) is 11.4 Å². The Morgan fingerprint density at radius 3 is 2.82 bits per heavy atom. The second-order valence-corrected chi connectivity index (χ2v) is 7.25. The molecule has 1 atom stereocenters. The highest BCUT2D eigenvalue weighted by Gasteiger charge is 2.29. The maximum absolute atomic E-state index is 6.20. The fourth-order valence-corrected chi connectivity index (χ4v) is 4.12. The van der Waals surface area contributed by atoms with Crippen LogP contribution in [0, 0.1) is 6.92 Å². The molecule has 0 amide bonds. The van der Waals surface area contributed by atoms with Gasteiger partial charge in [-0.2, -0.15) is 0 Å². The van der Waals surface area contributed by atoms with E-state index in [1.54, 1.807) is 0 Å². The third-order valence-electron chi connectivity index (χ3n) is 4.50. The number of fused-ring (bicyclic) bond motifs is 1. The molecule has 0 spiro atoms. The minimum atomic E-state index is 0.466. The molecule has 1 unspecified atom stereocenters. The van der Waals surface area contributed by atoms with E-state index in [2.05, 4.69) is 65.0 Å². The molecule has 0 radical (unpaired) electrons. The molecule has 0 aromatic heterocycles. The molecule has 3 rings (SSSR count). The van der Waals surface area contributed by atoms with E-state index in [1.807, 2.05) is 6.07 Å². The number of benzene rings is 2. The smallest absolute Gasteiger partial charge is 0.0548 e. The van der Waals surface area contributed by atoms with Crippen molar-refractivity contribution >= 4 is 33.2 Å². The van der Waals surface area contributed by atoms with Gasteiger partial charge in [0, 0.05) is 21.7 Å². The summed E-state index contributed by atoms with van der Waals surface area (Å²) in [6, 6.07) is 13.4. The lowest BCUT2D eigenvalue weighted by molar-refractivity contribution is 0.607. The Labute approximate surface area is 146 Å². The molecule has 1 aliphatic carbocycles. The first kappa shape index (κ1) is 15.9.